The molecule has 1 atom stereocenters. The summed E-state index contributed by atoms with van der Waals surface area (Å²) in [7, 11) is 0. The van der Waals surface area contributed by atoms with Crippen LogP contribution in [-0.2, 0) is 4.79 Å². The summed E-state index contributed by atoms with van der Waals surface area (Å²) >= 11 is 3.20. The Morgan fingerprint density at radius 2 is 2.22 bits per heavy atom. The van der Waals surface area contributed by atoms with Crippen molar-refractivity contribution in [2.75, 3.05) is 6.54 Å². The zero-order valence-corrected chi connectivity index (χ0v) is 11.8. The number of hydrogen-bond acceptors (Lipinski definition) is 3. The second kappa shape index (κ2) is 6.49. The second-order valence-electron chi connectivity index (χ2n) is 3.93. The predicted molar refractivity (Wildman–Crippen MR) is 70.4 cm³/mol. The largest absolute Gasteiger partial charge is 0.480 e. The molecule has 0 spiro atoms. The fourth-order valence-corrected chi connectivity index (χ4v) is 1.91. The standard InChI is InChI=1S/C12H15BrN2O3/c1-3-8(2)15(7-10(16)17)12(18)9-5-4-6-14-11(9)13/h4-6,8H,3,7H2,1-2H3,(H,16,17). The molecule has 1 aromatic rings. The Balaban J connectivity index is 3.02. The minimum atomic E-state index is -1.02. The first kappa shape index (κ1) is 14.6. The molecule has 0 radical (unpaired) electrons. The van der Waals surface area contributed by atoms with E-state index in [-0.39, 0.29) is 18.5 Å². The fraction of sp³-hybridized carbons (Fsp3) is 0.417. The number of amides is 1. The summed E-state index contributed by atoms with van der Waals surface area (Å²) in [5.74, 6) is -1.35. The van der Waals surface area contributed by atoms with Gasteiger partial charge in [-0.15, -0.1) is 0 Å². The molecule has 0 saturated heterocycles. The Morgan fingerprint density at radius 3 is 2.72 bits per heavy atom. The van der Waals surface area contributed by atoms with E-state index in [1.807, 2.05) is 13.8 Å². The Bertz CT molecular complexity index is 451. The molecule has 1 unspecified atom stereocenters. The molecule has 0 saturated carbocycles. The highest BCUT2D eigenvalue weighted by molar-refractivity contribution is 9.10. The molecule has 1 N–H and O–H groups in total. The topological polar surface area (TPSA) is 70.5 Å². The number of aromatic nitrogens is 1. The van der Waals surface area contributed by atoms with Crippen molar-refractivity contribution in [2.45, 2.75) is 26.3 Å². The van der Waals surface area contributed by atoms with Crippen LogP contribution in [0.4, 0.5) is 0 Å². The number of carboxylic acid groups (broad SMARTS) is 1. The van der Waals surface area contributed by atoms with E-state index >= 15 is 0 Å². The van der Waals surface area contributed by atoms with Gasteiger partial charge < -0.3 is 10.0 Å². The van der Waals surface area contributed by atoms with Crippen LogP contribution >= 0.6 is 15.9 Å². The highest BCUT2D eigenvalue weighted by Gasteiger charge is 2.24. The van der Waals surface area contributed by atoms with E-state index in [0.717, 1.165) is 0 Å². The number of hydrogen-bond donors (Lipinski definition) is 1. The molecular weight excluding hydrogens is 300 g/mol. The molecule has 0 bridgehead atoms. The fourth-order valence-electron chi connectivity index (χ4n) is 1.49. The number of aliphatic carboxylic acids is 1. The Morgan fingerprint density at radius 1 is 1.56 bits per heavy atom. The van der Waals surface area contributed by atoms with Gasteiger partial charge in [-0.05, 0) is 41.4 Å². The molecule has 0 aromatic carbocycles. The maximum absolute atomic E-state index is 12.3. The highest BCUT2D eigenvalue weighted by atomic mass is 79.9. The van der Waals surface area contributed by atoms with Gasteiger partial charge in [-0.2, -0.15) is 0 Å². The van der Waals surface area contributed by atoms with E-state index in [1.54, 1.807) is 18.3 Å². The van der Waals surface area contributed by atoms with Gasteiger partial charge in [0.1, 0.15) is 11.1 Å². The van der Waals surface area contributed by atoms with Gasteiger partial charge in [0.25, 0.3) is 5.91 Å². The van der Waals surface area contributed by atoms with Crippen molar-refractivity contribution in [3.63, 3.8) is 0 Å². The monoisotopic (exact) mass is 314 g/mol. The molecule has 0 aliphatic heterocycles. The molecule has 1 aromatic heterocycles. The van der Waals surface area contributed by atoms with Gasteiger partial charge in [0.15, 0.2) is 0 Å². The molecule has 0 aliphatic rings. The average Bonchev–Trinajstić information content (AvgIpc) is 2.34. The van der Waals surface area contributed by atoms with Crippen LogP contribution in [0.1, 0.15) is 30.6 Å². The molecular formula is C12H15BrN2O3. The van der Waals surface area contributed by atoms with Crippen molar-refractivity contribution in [1.29, 1.82) is 0 Å². The minimum Gasteiger partial charge on any atom is -0.480 e. The van der Waals surface area contributed by atoms with Crippen LogP contribution in [0.15, 0.2) is 22.9 Å². The molecule has 1 heterocycles. The van der Waals surface area contributed by atoms with Gasteiger partial charge in [-0.1, -0.05) is 6.92 Å². The molecule has 6 heteroatoms. The van der Waals surface area contributed by atoms with E-state index < -0.39 is 5.97 Å². The molecule has 1 amide bonds. The van der Waals surface area contributed by atoms with Crippen LogP contribution in [0.25, 0.3) is 0 Å². The van der Waals surface area contributed by atoms with Crippen molar-refractivity contribution in [3.05, 3.63) is 28.5 Å². The lowest BCUT2D eigenvalue weighted by molar-refractivity contribution is -0.138. The first-order valence-electron chi connectivity index (χ1n) is 5.60. The smallest absolute Gasteiger partial charge is 0.323 e. The number of nitrogens with zero attached hydrogens (tertiary/aromatic N) is 2. The molecule has 1 rings (SSSR count). The summed E-state index contributed by atoms with van der Waals surface area (Å²) in [5.41, 5.74) is 0.374. The van der Waals surface area contributed by atoms with Crippen molar-refractivity contribution < 1.29 is 14.7 Å². The lowest BCUT2D eigenvalue weighted by Gasteiger charge is -2.27. The zero-order valence-electron chi connectivity index (χ0n) is 10.3. The Hall–Kier alpha value is -1.43. The van der Waals surface area contributed by atoms with Crippen LogP contribution in [0.2, 0.25) is 0 Å². The molecule has 18 heavy (non-hydrogen) atoms. The number of carbonyl (C=O) groups excluding carboxylic acids is 1. The summed E-state index contributed by atoms with van der Waals surface area (Å²) in [6.07, 6.45) is 2.25. The maximum Gasteiger partial charge on any atom is 0.323 e. The highest BCUT2D eigenvalue weighted by Crippen LogP contribution is 2.17. The van der Waals surface area contributed by atoms with Crippen molar-refractivity contribution in [1.82, 2.24) is 9.88 Å². The van der Waals surface area contributed by atoms with E-state index in [4.69, 9.17) is 5.11 Å². The summed E-state index contributed by atoms with van der Waals surface area (Å²) in [6, 6.07) is 3.13. The summed E-state index contributed by atoms with van der Waals surface area (Å²) in [6.45, 7) is 3.42. The van der Waals surface area contributed by atoms with Gasteiger partial charge >= 0.3 is 5.97 Å². The van der Waals surface area contributed by atoms with E-state index in [0.29, 0.717) is 16.6 Å². The lowest BCUT2D eigenvalue weighted by Crippen LogP contribution is -2.42. The zero-order chi connectivity index (χ0) is 13.7. The van der Waals surface area contributed by atoms with Crippen LogP contribution in [0.5, 0.6) is 0 Å². The predicted octanol–water partition coefficient (Wildman–Crippen LogP) is 2.17. The van der Waals surface area contributed by atoms with E-state index in [1.165, 1.54) is 4.90 Å². The lowest BCUT2D eigenvalue weighted by atomic mass is 10.1. The number of carboxylic acids is 1. The van der Waals surface area contributed by atoms with Crippen LogP contribution in [-0.4, -0.2) is 39.5 Å². The Labute approximate surface area is 114 Å². The normalized spacial score (nSPS) is 11.9. The van der Waals surface area contributed by atoms with E-state index in [9.17, 15) is 9.59 Å². The molecule has 98 valence electrons. The molecule has 0 fully saturated rings. The summed E-state index contributed by atoms with van der Waals surface area (Å²) in [4.78, 5) is 28.4. The van der Waals surface area contributed by atoms with Gasteiger partial charge in [0, 0.05) is 12.2 Å². The second-order valence-corrected chi connectivity index (χ2v) is 4.68. The van der Waals surface area contributed by atoms with Gasteiger partial charge in [0.05, 0.1) is 5.56 Å². The first-order chi connectivity index (χ1) is 8.47. The van der Waals surface area contributed by atoms with Crippen molar-refractivity contribution in [3.8, 4) is 0 Å². The number of halogens is 1. The van der Waals surface area contributed by atoms with Crippen LogP contribution in [0.3, 0.4) is 0 Å². The molecule has 0 aliphatic carbocycles. The average molecular weight is 315 g/mol. The summed E-state index contributed by atoms with van der Waals surface area (Å²) in [5, 5.41) is 8.87. The minimum absolute atomic E-state index is 0.138. The van der Waals surface area contributed by atoms with Crippen LogP contribution in [0, 0.1) is 0 Å². The number of pyridine rings is 1. The number of carbonyl (C=O) groups is 2. The van der Waals surface area contributed by atoms with Gasteiger partial charge in [0.2, 0.25) is 0 Å². The third kappa shape index (κ3) is 3.53. The van der Waals surface area contributed by atoms with Crippen LogP contribution < -0.4 is 0 Å². The quantitative estimate of drug-likeness (QED) is 0.846. The first-order valence-corrected chi connectivity index (χ1v) is 6.40. The Kier molecular flexibility index (Phi) is 5.27. The van der Waals surface area contributed by atoms with Gasteiger partial charge in [-0.3, -0.25) is 9.59 Å². The summed E-state index contributed by atoms with van der Waals surface area (Å²) < 4.78 is 0.425. The van der Waals surface area contributed by atoms with Gasteiger partial charge in [-0.25, -0.2) is 4.98 Å². The third-order valence-electron chi connectivity index (χ3n) is 2.68. The molecule has 5 nitrogen and oxygen atoms in total. The van der Waals surface area contributed by atoms with Crippen molar-refractivity contribution >= 4 is 27.8 Å². The maximum atomic E-state index is 12.3. The third-order valence-corrected chi connectivity index (χ3v) is 3.31. The number of rotatable bonds is 5. The SMILES string of the molecule is CCC(C)N(CC(=O)O)C(=O)c1cccnc1Br. The van der Waals surface area contributed by atoms with E-state index in [2.05, 4.69) is 20.9 Å². The van der Waals surface area contributed by atoms with Crippen molar-refractivity contribution in [2.24, 2.45) is 0 Å².